The van der Waals surface area contributed by atoms with Crippen molar-refractivity contribution in [2.24, 2.45) is 0 Å². The van der Waals surface area contributed by atoms with Crippen LogP contribution in [0.1, 0.15) is 18.8 Å². The van der Waals surface area contributed by atoms with Crippen molar-refractivity contribution in [3.8, 4) is 5.75 Å². The molecule has 1 fully saturated rings. The molecule has 1 saturated heterocycles. The molecule has 0 saturated carbocycles. The Morgan fingerprint density at radius 1 is 0.919 bits per heavy atom. The molecule has 37 heavy (non-hydrogen) atoms. The van der Waals surface area contributed by atoms with E-state index in [1.807, 2.05) is 48.5 Å². The minimum atomic E-state index is -3.57. The van der Waals surface area contributed by atoms with Crippen LogP contribution in [0, 0.1) is 0 Å². The lowest BCUT2D eigenvalue weighted by Gasteiger charge is -2.36. The normalized spacial score (nSPS) is 16.0. The van der Waals surface area contributed by atoms with Crippen LogP contribution in [-0.4, -0.2) is 60.9 Å². The smallest absolute Gasteiger partial charge is 0.243 e. The highest BCUT2D eigenvalue weighted by Crippen LogP contribution is 2.29. The second-order valence-corrected chi connectivity index (χ2v) is 11.2. The maximum atomic E-state index is 13.1. The number of anilines is 2. The van der Waals surface area contributed by atoms with Gasteiger partial charge in [-0.2, -0.15) is 4.31 Å². The number of sulfonamides is 1. The zero-order valence-corrected chi connectivity index (χ0v) is 22.2. The number of methoxy groups -OCH3 is 1. The topological polar surface area (TPSA) is 87.7 Å². The summed E-state index contributed by atoms with van der Waals surface area (Å²) in [6.45, 7) is 3.99. The Morgan fingerprint density at radius 3 is 2.27 bits per heavy atom. The van der Waals surface area contributed by atoms with Gasteiger partial charge in [-0.05, 0) is 67.6 Å². The summed E-state index contributed by atoms with van der Waals surface area (Å²) in [7, 11) is -1.93. The Balaban J connectivity index is 1.35. The number of benzene rings is 3. The number of aromatic nitrogens is 2. The van der Waals surface area contributed by atoms with E-state index in [1.54, 1.807) is 31.4 Å². The van der Waals surface area contributed by atoms with Gasteiger partial charge in [-0.3, -0.25) is 4.90 Å². The van der Waals surface area contributed by atoms with Crippen LogP contribution in [0.5, 0.6) is 5.75 Å². The molecule has 8 nitrogen and oxygen atoms in total. The number of hydrogen-bond donors (Lipinski definition) is 1. The van der Waals surface area contributed by atoms with Gasteiger partial charge in [-0.1, -0.05) is 23.7 Å². The van der Waals surface area contributed by atoms with Gasteiger partial charge in [0, 0.05) is 42.3 Å². The fraction of sp³-hybridized carbons (Fsp3) is 0.259. The number of para-hydroxylation sites is 1. The Bertz CT molecular complexity index is 1490. The Labute approximate surface area is 221 Å². The van der Waals surface area contributed by atoms with E-state index in [4.69, 9.17) is 26.3 Å². The molecule has 1 aromatic heterocycles. The molecular formula is C27H28ClN5O3S. The molecule has 4 aromatic rings. The molecule has 192 valence electrons. The van der Waals surface area contributed by atoms with E-state index in [1.165, 1.54) is 4.31 Å². The lowest BCUT2D eigenvalue weighted by molar-refractivity contribution is 0.141. The Kier molecular flexibility index (Phi) is 7.30. The zero-order valence-electron chi connectivity index (χ0n) is 20.6. The molecule has 0 bridgehead atoms. The number of rotatable bonds is 7. The van der Waals surface area contributed by atoms with Gasteiger partial charge in [-0.25, -0.2) is 18.4 Å². The van der Waals surface area contributed by atoms with Crippen LogP contribution in [0.15, 0.2) is 77.7 Å². The molecule has 1 aliphatic heterocycles. The van der Waals surface area contributed by atoms with Crippen LogP contribution in [0.2, 0.25) is 5.02 Å². The quantitative estimate of drug-likeness (QED) is 0.351. The fourth-order valence-corrected chi connectivity index (χ4v) is 5.99. The van der Waals surface area contributed by atoms with Crippen molar-refractivity contribution < 1.29 is 13.2 Å². The van der Waals surface area contributed by atoms with Gasteiger partial charge in [0.05, 0.1) is 23.6 Å². The highest BCUT2D eigenvalue weighted by molar-refractivity contribution is 7.89. The van der Waals surface area contributed by atoms with Gasteiger partial charge >= 0.3 is 0 Å². The number of nitrogens with zero attached hydrogens (tertiary/aromatic N) is 4. The molecular weight excluding hydrogens is 510 g/mol. The summed E-state index contributed by atoms with van der Waals surface area (Å²) in [6, 6.07) is 21.8. The third-order valence-electron chi connectivity index (χ3n) is 6.62. The first kappa shape index (κ1) is 25.4. The monoisotopic (exact) mass is 537 g/mol. The summed E-state index contributed by atoms with van der Waals surface area (Å²) >= 11 is 5.93. The SMILES string of the molecule is COc1ccc(Nc2nc([C@@H](C)N3CCN(S(=O)(=O)c4ccc(Cl)cc4)CC3)nc3ccccc23)cc1. The second-order valence-electron chi connectivity index (χ2n) is 8.87. The first-order valence-corrected chi connectivity index (χ1v) is 13.8. The van der Waals surface area contributed by atoms with E-state index in [2.05, 4.69) is 17.1 Å². The van der Waals surface area contributed by atoms with Gasteiger partial charge < -0.3 is 10.1 Å². The summed E-state index contributed by atoms with van der Waals surface area (Å²) in [5.74, 6) is 2.19. The van der Waals surface area contributed by atoms with Gasteiger partial charge in [0.15, 0.2) is 0 Å². The van der Waals surface area contributed by atoms with Crippen LogP contribution < -0.4 is 10.1 Å². The van der Waals surface area contributed by atoms with Gasteiger partial charge in [0.25, 0.3) is 0 Å². The molecule has 2 heterocycles. The summed E-state index contributed by atoms with van der Waals surface area (Å²) in [6.07, 6.45) is 0. The molecule has 0 amide bonds. The first-order chi connectivity index (χ1) is 17.8. The van der Waals surface area contributed by atoms with Crippen LogP contribution in [0.4, 0.5) is 11.5 Å². The first-order valence-electron chi connectivity index (χ1n) is 12.0. The van der Waals surface area contributed by atoms with E-state index < -0.39 is 10.0 Å². The zero-order chi connectivity index (χ0) is 26.0. The molecule has 1 aliphatic rings. The lowest BCUT2D eigenvalue weighted by Crippen LogP contribution is -2.49. The number of fused-ring (bicyclic) bond motifs is 1. The van der Waals surface area contributed by atoms with Crippen molar-refractivity contribution in [3.05, 3.63) is 83.6 Å². The molecule has 0 unspecified atom stereocenters. The van der Waals surface area contributed by atoms with E-state index >= 15 is 0 Å². The molecule has 0 radical (unpaired) electrons. The Hall–Kier alpha value is -3.24. The number of ether oxygens (including phenoxy) is 1. The third-order valence-corrected chi connectivity index (χ3v) is 8.78. The van der Waals surface area contributed by atoms with E-state index in [9.17, 15) is 8.42 Å². The largest absolute Gasteiger partial charge is 0.497 e. The maximum absolute atomic E-state index is 13.1. The van der Waals surface area contributed by atoms with E-state index in [0.717, 1.165) is 28.2 Å². The fourth-order valence-electron chi connectivity index (χ4n) is 4.44. The van der Waals surface area contributed by atoms with Crippen molar-refractivity contribution in [3.63, 3.8) is 0 Å². The van der Waals surface area contributed by atoms with Gasteiger partial charge in [-0.15, -0.1) is 0 Å². The maximum Gasteiger partial charge on any atom is 0.243 e. The van der Waals surface area contributed by atoms with Crippen molar-refractivity contribution in [1.29, 1.82) is 0 Å². The van der Waals surface area contributed by atoms with Crippen molar-refractivity contribution in [2.45, 2.75) is 17.9 Å². The van der Waals surface area contributed by atoms with Crippen molar-refractivity contribution >= 4 is 44.0 Å². The molecule has 3 aromatic carbocycles. The van der Waals surface area contributed by atoms with E-state index in [0.29, 0.717) is 37.0 Å². The highest BCUT2D eigenvalue weighted by Gasteiger charge is 2.31. The van der Waals surface area contributed by atoms with Crippen molar-refractivity contribution in [1.82, 2.24) is 19.2 Å². The number of hydrogen-bond acceptors (Lipinski definition) is 7. The lowest BCUT2D eigenvalue weighted by atomic mass is 10.2. The predicted molar refractivity (Wildman–Crippen MR) is 146 cm³/mol. The van der Waals surface area contributed by atoms with Gasteiger partial charge in [0.1, 0.15) is 17.4 Å². The highest BCUT2D eigenvalue weighted by atomic mass is 35.5. The summed E-state index contributed by atoms with van der Waals surface area (Å²) < 4.78 is 32.9. The minimum Gasteiger partial charge on any atom is -0.497 e. The van der Waals surface area contributed by atoms with E-state index in [-0.39, 0.29) is 10.9 Å². The van der Waals surface area contributed by atoms with Crippen LogP contribution >= 0.6 is 11.6 Å². The molecule has 10 heteroatoms. The van der Waals surface area contributed by atoms with Crippen molar-refractivity contribution in [2.75, 3.05) is 38.6 Å². The molecule has 0 spiro atoms. The number of halogens is 1. The minimum absolute atomic E-state index is 0.0959. The standard InChI is InChI=1S/C27H28ClN5O3S/c1-19(32-15-17-33(18-16-32)37(34,35)23-13-7-20(28)8-14-23)26-30-25-6-4-3-5-24(25)27(31-26)29-21-9-11-22(36-2)12-10-21/h3-14,19H,15-18H2,1-2H3,(H,29,30,31)/t19-/m1/s1. The average molecular weight is 538 g/mol. The molecule has 1 atom stereocenters. The average Bonchev–Trinajstić information content (AvgIpc) is 2.93. The Morgan fingerprint density at radius 2 is 1.59 bits per heavy atom. The number of nitrogens with one attached hydrogen (secondary N) is 1. The van der Waals surface area contributed by atoms with Gasteiger partial charge in [0.2, 0.25) is 10.0 Å². The molecule has 1 N–H and O–H groups in total. The summed E-state index contributed by atoms with van der Waals surface area (Å²) in [5.41, 5.74) is 1.74. The van der Waals surface area contributed by atoms with Crippen LogP contribution in [-0.2, 0) is 10.0 Å². The van der Waals surface area contributed by atoms with Crippen LogP contribution in [0.3, 0.4) is 0 Å². The number of piperazine rings is 1. The third kappa shape index (κ3) is 5.40. The summed E-state index contributed by atoms with van der Waals surface area (Å²) in [5, 5.41) is 4.86. The molecule has 0 aliphatic carbocycles. The van der Waals surface area contributed by atoms with Crippen LogP contribution in [0.25, 0.3) is 10.9 Å². The molecule has 5 rings (SSSR count). The second kappa shape index (κ2) is 10.6. The predicted octanol–water partition coefficient (Wildman–Crippen LogP) is 5.10. The summed E-state index contributed by atoms with van der Waals surface area (Å²) in [4.78, 5) is 12.2.